The molecule has 0 aliphatic carbocycles. The van der Waals surface area contributed by atoms with Crippen molar-refractivity contribution in [3.63, 3.8) is 0 Å². The molecule has 0 atom stereocenters. The molecule has 13 heavy (non-hydrogen) atoms. The number of amides is 2. The van der Waals surface area contributed by atoms with Crippen LogP contribution < -0.4 is 5.32 Å². The average molecular weight is 220 g/mol. The first kappa shape index (κ1) is 12.7. The van der Waals surface area contributed by atoms with Crippen LogP contribution in [0, 0.1) is 0 Å². The molecule has 1 N–H and O–H groups in total. The molecule has 0 spiro atoms. The van der Waals surface area contributed by atoms with Crippen LogP contribution in [-0.2, 0) is 0 Å². The first-order valence-electron chi connectivity index (χ1n) is 4.20. The minimum atomic E-state index is -0.0569. The molecule has 76 valence electrons. The van der Waals surface area contributed by atoms with E-state index in [9.17, 15) is 4.79 Å². The van der Waals surface area contributed by atoms with Gasteiger partial charge >= 0.3 is 6.03 Å². The Labute approximate surface area is 88.6 Å². The lowest BCUT2D eigenvalue weighted by atomic mass is 10.6. The quantitative estimate of drug-likeness (QED) is 0.551. The summed E-state index contributed by atoms with van der Waals surface area (Å²) in [6.45, 7) is 8.10. The molecule has 0 aromatic rings. The van der Waals surface area contributed by atoms with Crippen LogP contribution in [0.4, 0.5) is 4.79 Å². The Bertz CT molecular complexity index is 158. The van der Waals surface area contributed by atoms with Gasteiger partial charge in [-0.25, -0.2) is 8.51 Å². The van der Waals surface area contributed by atoms with Crippen molar-refractivity contribution in [2.75, 3.05) is 18.1 Å². The van der Waals surface area contributed by atoms with Crippen LogP contribution in [-0.4, -0.2) is 27.8 Å². The molecule has 3 nitrogen and oxygen atoms in total. The Morgan fingerprint density at radius 1 is 1.46 bits per heavy atom. The van der Waals surface area contributed by atoms with E-state index >= 15 is 0 Å². The maximum atomic E-state index is 11.4. The molecule has 0 radical (unpaired) electrons. The molecule has 0 bridgehead atoms. The van der Waals surface area contributed by atoms with Crippen LogP contribution in [0.1, 0.15) is 13.8 Å². The number of urea groups is 1. The van der Waals surface area contributed by atoms with Crippen molar-refractivity contribution >= 4 is 29.9 Å². The monoisotopic (exact) mass is 220 g/mol. The summed E-state index contributed by atoms with van der Waals surface area (Å²) in [5.41, 5.74) is 0. The Balaban J connectivity index is 3.86. The summed E-state index contributed by atoms with van der Waals surface area (Å²) < 4.78 is 1.67. The van der Waals surface area contributed by atoms with Crippen LogP contribution in [0.2, 0.25) is 0 Å². The van der Waals surface area contributed by atoms with E-state index in [1.165, 1.54) is 23.9 Å². The zero-order valence-corrected chi connectivity index (χ0v) is 9.71. The maximum Gasteiger partial charge on any atom is 0.338 e. The van der Waals surface area contributed by atoms with Gasteiger partial charge in [0.15, 0.2) is 0 Å². The zero-order valence-electron chi connectivity index (χ0n) is 8.08. The van der Waals surface area contributed by atoms with Crippen molar-refractivity contribution in [2.45, 2.75) is 13.8 Å². The van der Waals surface area contributed by atoms with Gasteiger partial charge in [0.2, 0.25) is 0 Å². The minimum absolute atomic E-state index is 0.0569. The van der Waals surface area contributed by atoms with Gasteiger partial charge in [-0.1, -0.05) is 19.9 Å². The molecular formula is C8H16N2OS2. The molecule has 0 saturated carbocycles. The third-order valence-electron chi connectivity index (χ3n) is 1.06. The van der Waals surface area contributed by atoms with Gasteiger partial charge in [-0.15, -0.1) is 6.58 Å². The Kier molecular flexibility index (Phi) is 8.13. The molecule has 5 heteroatoms. The molecule has 0 aromatic carbocycles. The molecule has 0 rings (SSSR count). The lowest BCUT2D eigenvalue weighted by Gasteiger charge is -2.18. The van der Waals surface area contributed by atoms with Gasteiger partial charge in [0.1, 0.15) is 0 Å². The largest absolute Gasteiger partial charge is 0.338 e. The van der Waals surface area contributed by atoms with Crippen LogP contribution in [0.5, 0.6) is 0 Å². The molecular weight excluding hydrogens is 204 g/mol. The standard InChI is InChI=1S/C8H16N2OS2/c1-4-7-9-8(11)10(12-5-2)13-6-3/h4H,1,5-7H2,2-3H3,(H,9,11). The average Bonchev–Trinajstić information content (AvgIpc) is 2.14. The van der Waals surface area contributed by atoms with Gasteiger partial charge in [0.25, 0.3) is 0 Å². The van der Waals surface area contributed by atoms with E-state index in [2.05, 4.69) is 11.9 Å². The fourth-order valence-electron chi connectivity index (χ4n) is 0.613. The van der Waals surface area contributed by atoms with Gasteiger partial charge < -0.3 is 5.32 Å². The summed E-state index contributed by atoms with van der Waals surface area (Å²) in [7, 11) is 0. The van der Waals surface area contributed by atoms with Gasteiger partial charge in [-0.05, 0) is 23.9 Å². The van der Waals surface area contributed by atoms with Crippen molar-refractivity contribution < 1.29 is 4.79 Å². The zero-order chi connectivity index (χ0) is 10.1. The Hall–Kier alpha value is -0.290. The third-order valence-corrected chi connectivity index (χ3v) is 3.01. The first-order valence-corrected chi connectivity index (χ1v) is 6.09. The number of carbonyl (C=O) groups excluding carboxylic acids is 1. The van der Waals surface area contributed by atoms with Gasteiger partial charge in [0, 0.05) is 18.1 Å². The lowest BCUT2D eigenvalue weighted by Crippen LogP contribution is -2.31. The minimum Gasteiger partial charge on any atom is -0.333 e. The molecule has 0 saturated heterocycles. The molecule has 2 amide bonds. The summed E-state index contributed by atoms with van der Waals surface area (Å²) in [5.74, 6) is 1.79. The molecule has 0 aliphatic rings. The SMILES string of the molecule is C=CCNC(=O)N(SCC)SCC. The summed E-state index contributed by atoms with van der Waals surface area (Å²) >= 11 is 3.02. The summed E-state index contributed by atoms with van der Waals surface area (Å²) in [4.78, 5) is 11.4. The summed E-state index contributed by atoms with van der Waals surface area (Å²) in [5, 5.41) is 2.73. The van der Waals surface area contributed by atoms with Crippen molar-refractivity contribution in [3.05, 3.63) is 12.7 Å². The highest BCUT2D eigenvalue weighted by molar-refractivity contribution is 8.12. The molecule has 0 heterocycles. The number of nitrogens with zero attached hydrogens (tertiary/aromatic N) is 1. The van der Waals surface area contributed by atoms with Crippen LogP contribution in [0.15, 0.2) is 12.7 Å². The van der Waals surface area contributed by atoms with Crippen molar-refractivity contribution in [1.82, 2.24) is 9.03 Å². The Morgan fingerprint density at radius 3 is 2.38 bits per heavy atom. The second kappa shape index (κ2) is 8.31. The van der Waals surface area contributed by atoms with Crippen molar-refractivity contribution in [2.24, 2.45) is 0 Å². The predicted octanol–water partition coefficient (Wildman–Crippen LogP) is 2.52. The summed E-state index contributed by atoms with van der Waals surface area (Å²) in [6, 6.07) is -0.0569. The molecule has 0 unspecified atom stereocenters. The number of rotatable bonds is 6. The van der Waals surface area contributed by atoms with Gasteiger partial charge in [-0.2, -0.15) is 0 Å². The molecule has 0 aromatic heterocycles. The number of carbonyl (C=O) groups is 1. The van der Waals surface area contributed by atoms with Gasteiger partial charge in [0.05, 0.1) is 0 Å². The smallest absolute Gasteiger partial charge is 0.333 e. The van der Waals surface area contributed by atoms with E-state index in [0.29, 0.717) is 6.54 Å². The van der Waals surface area contributed by atoms with E-state index in [-0.39, 0.29) is 6.03 Å². The molecule has 0 fully saturated rings. The van der Waals surface area contributed by atoms with E-state index in [4.69, 9.17) is 0 Å². The molecule has 0 aliphatic heterocycles. The highest BCUT2D eigenvalue weighted by atomic mass is 32.2. The van der Waals surface area contributed by atoms with E-state index in [0.717, 1.165) is 11.5 Å². The number of hydrogen-bond acceptors (Lipinski definition) is 3. The second-order valence-corrected chi connectivity index (χ2v) is 4.70. The van der Waals surface area contributed by atoms with Crippen LogP contribution in [0.25, 0.3) is 0 Å². The highest BCUT2D eigenvalue weighted by Gasteiger charge is 2.11. The number of hydrogen-bond donors (Lipinski definition) is 1. The summed E-state index contributed by atoms with van der Waals surface area (Å²) in [6.07, 6.45) is 1.67. The van der Waals surface area contributed by atoms with E-state index in [1.807, 2.05) is 13.8 Å². The van der Waals surface area contributed by atoms with Crippen LogP contribution in [0.3, 0.4) is 0 Å². The maximum absolute atomic E-state index is 11.4. The first-order chi connectivity index (χ1) is 6.26. The van der Waals surface area contributed by atoms with E-state index in [1.54, 1.807) is 9.79 Å². The van der Waals surface area contributed by atoms with Crippen LogP contribution >= 0.6 is 23.9 Å². The predicted molar refractivity (Wildman–Crippen MR) is 61.7 cm³/mol. The topological polar surface area (TPSA) is 32.3 Å². The lowest BCUT2D eigenvalue weighted by molar-refractivity contribution is 0.239. The third kappa shape index (κ3) is 5.87. The normalized spacial score (nSPS) is 9.38. The fourth-order valence-corrected chi connectivity index (χ4v) is 2.38. The van der Waals surface area contributed by atoms with Crippen molar-refractivity contribution in [1.29, 1.82) is 0 Å². The van der Waals surface area contributed by atoms with Crippen molar-refractivity contribution in [3.8, 4) is 0 Å². The van der Waals surface area contributed by atoms with Gasteiger partial charge in [-0.3, -0.25) is 0 Å². The number of nitrogens with one attached hydrogen (secondary N) is 1. The highest BCUT2D eigenvalue weighted by Crippen LogP contribution is 2.20. The van der Waals surface area contributed by atoms with E-state index < -0.39 is 0 Å². The Morgan fingerprint density at radius 2 is 2.00 bits per heavy atom. The second-order valence-electron chi connectivity index (χ2n) is 2.07. The fraction of sp³-hybridized carbons (Fsp3) is 0.625.